The molecule has 6 heteroatoms. The Labute approximate surface area is 155 Å². The van der Waals surface area contributed by atoms with Crippen molar-refractivity contribution >= 4 is 35.1 Å². The van der Waals surface area contributed by atoms with Gasteiger partial charge >= 0.3 is 11.9 Å². The van der Waals surface area contributed by atoms with Crippen molar-refractivity contribution in [2.45, 2.75) is 19.3 Å². The van der Waals surface area contributed by atoms with E-state index in [2.05, 4.69) is 0 Å². The minimum atomic E-state index is -0.586. The summed E-state index contributed by atoms with van der Waals surface area (Å²) in [6.45, 7) is 0. The lowest BCUT2D eigenvalue weighted by atomic mass is 10.1. The average Bonchev–Trinajstić information content (AvgIpc) is 3.09. The van der Waals surface area contributed by atoms with Crippen molar-refractivity contribution in [2.24, 2.45) is 0 Å². The van der Waals surface area contributed by atoms with E-state index < -0.39 is 11.9 Å². The number of halogens is 2. The van der Waals surface area contributed by atoms with Gasteiger partial charge in [-0.15, -0.1) is 0 Å². The third kappa shape index (κ3) is 4.03. The Bertz CT molecular complexity index is 789. The summed E-state index contributed by atoms with van der Waals surface area (Å²) >= 11 is 12.0. The first-order chi connectivity index (χ1) is 12.1. The number of para-hydroxylation sites is 2. The first-order valence-electron chi connectivity index (χ1n) is 7.71. The fourth-order valence-corrected chi connectivity index (χ4v) is 2.92. The van der Waals surface area contributed by atoms with Crippen molar-refractivity contribution in [1.29, 1.82) is 0 Å². The lowest BCUT2D eigenvalue weighted by Gasteiger charge is -2.10. The van der Waals surface area contributed by atoms with E-state index in [9.17, 15) is 9.59 Å². The minimum Gasteiger partial charge on any atom is -0.422 e. The molecule has 0 bridgehead atoms. The summed E-state index contributed by atoms with van der Waals surface area (Å²) < 4.78 is 10.6. The maximum absolute atomic E-state index is 12.4. The smallest absolute Gasteiger partial charge is 0.339 e. The topological polar surface area (TPSA) is 52.6 Å². The molecule has 1 aliphatic carbocycles. The lowest BCUT2D eigenvalue weighted by Crippen LogP contribution is -2.17. The zero-order valence-corrected chi connectivity index (χ0v) is 14.6. The molecule has 2 aromatic carbocycles. The second kappa shape index (κ2) is 7.72. The van der Waals surface area contributed by atoms with Crippen LogP contribution in [0.25, 0.3) is 0 Å². The van der Waals surface area contributed by atoms with Crippen LogP contribution < -0.4 is 9.47 Å². The van der Waals surface area contributed by atoms with Crippen LogP contribution in [0.5, 0.6) is 11.5 Å². The molecule has 0 aliphatic heterocycles. The zero-order valence-electron chi connectivity index (χ0n) is 13.1. The first-order valence-corrected chi connectivity index (χ1v) is 8.47. The largest absolute Gasteiger partial charge is 0.422 e. The number of benzene rings is 2. The molecule has 0 N–H and O–H groups in total. The van der Waals surface area contributed by atoms with E-state index in [1.165, 1.54) is 0 Å². The molecule has 3 rings (SSSR count). The summed E-state index contributed by atoms with van der Waals surface area (Å²) in [4.78, 5) is 24.9. The van der Waals surface area contributed by atoms with Crippen LogP contribution in [0.2, 0.25) is 10.0 Å². The molecule has 0 spiro atoms. The second-order valence-electron chi connectivity index (χ2n) is 5.45. The van der Waals surface area contributed by atoms with Gasteiger partial charge in [0, 0.05) is 11.1 Å². The van der Waals surface area contributed by atoms with Gasteiger partial charge in [0.15, 0.2) is 0 Å². The molecule has 128 valence electrons. The molecule has 2 aromatic rings. The highest BCUT2D eigenvalue weighted by Crippen LogP contribution is 2.32. The van der Waals surface area contributed by atoms with E-state index in [1.807, 2.05) is 0 Å². The van der Waals surface area contributed by atoms with Gasteiger partial charge in [0.2, 0.25) is 0 Å². The Morgan fingerprint density at radius 1 is 0.720 bits per heavy atom. The summed E-state index contributed by atoms with van der Waals surface area (Å²) in [5, 5.41) is 0.657. The molecule has 0 amide bonds. The lowest BCUT2D eigenvalue weighted by molar-refractivity contribution is -0.133. The molecule has 0 saturated heterocycles. The van der Waals surface area contributed by atoms with Gasteiger partial charge in [-0.05, 0) is 43.5 Å². The molecule has 0 aromatic heterocycles. The van der Waals surface area contributed by atoms with Crippen LogP contribution in [0.4, 0.5) is 0 Å². The van der Waals surface area contributed by atoms with Crippen LogP contribution >= 0.6 is 23.2 Å². The predicted molar refractivity (Wildman–Crippen MR) is 95.1 cm³/mol. The Balaban J connectivity index is 1.79. The van der Waals surface area contributed by atoms with Crippen molar-refractivity contribution in [3.8, 4) is 11.5 Å². The van der Waals surface area contributed by atoms with Crippen LogP contribution in [-0.2, 0) is 9.59 Å². The predicted octanol–water partition coefficient (Wildman–Crippen LogP) is 4.98. The molecule has 25 heavy (non-hydrogen) atoms. The summed E-state index contributed by atoms with van der Waals surface area (Å²) in [6, 6.07) is 13.3. The Morgan fingerprint density at radius 2 is 1.12 bits per heavy atom. The minimum absolute atomic E-state index is 0.257. The third-order valence-corrected chi connectivity index (χ3v) is 4.41. The van der Waals surface area contributed by atoms with E-state index in [0.29, 0.717) is 40.5 Å². The molecule has 0 radical (unpaired) electrons. The van der Waals surface area contributed by atoms with Crippen LogP contribution in [0.15, 0.2) is 59.7 Å². The normalized spacial score (nSPS) is 13.7. The van der Waals surface area contributed by atoms with E-state index in [-0.39, 0.29) is 11.5 Å². The van der Waals surface area contributed by atoms with Crippen LogP contribution in [0, 0.1) is 0 Å². The number of carbonyl (C=O) groups excluding carboxylic acids is 2. The monoisotopic (exact) mass is 376 g/mol. The second-order valence-corrected chi connectivity index (χ2v) is 6.26. The Hall–Kier alpha value is -2.30. The van der Waals surface area contributed by atoms with Crippen LogP contribution in [0.1, 0.15) is 19.3 Å². The van der Waals surface area contributed by atoms with Crippen molar-refractivity contribution in [1.82, 2.24) is 0 Å². The van der Waals surface area contributed by atoms with E-state index in [0.717, 1.165) is 0 Å². The average molecular weight is 377 g/mol. The Morgan fingerprint density at radius 3 is 1.52 bits per heavy atom. The standard InChI is InChI=1S/C19H14Cl2O4/c20-14-8-1-3-10-16(14)24-18(22)12-6-5-7-13(12)19(23)25-17-11-4-2-9-15(17)21/h1-4,8-11H,5-7H2. The third-order valence-electron chi connectivity index (χ3n) is 3.79. The van der Waals surface area contributed by atoms with Crippen LogP contribution in [0.3, 0.4) is 0 Å². The van der Waals surface area contributed by atoms with Gasteiger partial charge in [0.1, 0.15) is 11.5 Å². The highest BCUT2D eigenvalue weighted by molar-refractivity contribution is 6.32. The van der Waals surface area contributed by atoms with Gasteiger partial charge in [-0.3, -0.25) is 0 Å². The Kier molecular flexibility index (Phi) is 5.41. The molecular weight excluding hydrogens is 363 g/mol. The van der Waals surface area contributed by atoms with Gasteiger partial charge < -0.3 is 9.47 Å². The van der Waals surface area contributed by atoms with Gasteiger partial charge in [-0.1, -0.05) is 47.5 Å². The number of hydrogen-bond acceptors (Lipinski definition) is 4. The van der Waals surface area contributed by atoms with Crippen molar-refractivity contribution in [3.05, 3.63) is 69.7 Å². The summed E-state index contributed by atoms with van der Waals surface area (Å²) in [5.74, 6) is -0.659. The van der Waals surface area contributed by atoms with Gasteiger partial charge in [-0.2, -0.15) is 0 Å². The number of ether oxygens (including phenoxy) is 2. The number of rotatable bonds is 4. The first kappa shape index (κ1) is 17.5. The maximum Gasteiger partial charge on any atom is 0.339 e. The number of esters is 2. The van der Waals surface area contributed by atoms with Gasteiger partial charge in [-0.25, -0.2) is 9.59 Å². The molecule has 0 heterocycles. The molecule has 0 saturated carbocycles. The summed E-state index contributed by atoms with van der Waals surface area (Å²) in [7, 11) is 0. The zero-order chi connectivity index (χ0) is 17.8. The SMILES string of the molecule is O=C(Oc1ccccc1Cl)C1=C(C(=O)Oc2ccccc2Cl)CCC1. The molecule has 0 unspecified atom stereocenters. The molecule has 0 atom stereocenters. The van der Waals surface area contributed by atoms with Gasteiger partial charge in [0.25, 0.3) is 0 Å². The number of hydrogen-bond donors (Lipinski definition) is 0. The summed E-state index contributed by atoms with van der Waals surface area (Å²) in [6.07, 6.45) is 1.59. The van der Waals surface area contributed by atoms with E-state index >= 15 is 0 Å². The fourth-order valence-electron chi connectivity index (χ4n) is 2.57. The summed E-state index contributed by atoms with van der Waals surface area (Å²) in [5.41, 5.74) is 0.633. The van der Waals surface area contributed by atoms with Crippen molar-refractivity contribution in [3.63, 3.8) is 0 Å². The van der Waals surface area contributed by atoms with E-state index in [4.69, 9.17) is 32.7 Å². The molecular formula is C19H14Cl2O4. The maximum atomic E-state index is 12.4. The van der Waals surface area contributed by atoms with Crippen molar-refractivity contribution in [2.75, 3.05) is 0 Å². The fraction of sp³-hybridized carbons (Fsp3) is 0.158. The van der Waals surface area contributed by atoms with Crippen molar-refractivity contribution < 1.29 is 19.1 Å². The molecule has 0 fully saturated rings. The van der Waals surface area contributed by atoms with Crippen LogP contribution in [-0.4, -0.2) is 11.9 Å². The van der Waals surface area contributed by atoms with E-state index in [1.54, 1.807) is 48.5 Å². The highest BCUT2D eigenvalue weighted by atomic mass is 35.5. The quantitative estimate of drug-likeness (QED) is 0.557. The molecule has 4 nitrogen and oxygen atoms in total. The molecule has 1 aliphatic rings. The van der Waals surface area contributed by atoms with Gasteiger partial charge in [0.05, 0.1) is 10.0 Å². The number of carbonyl (C=O) groups is 2. The highest BCUT2D eigenvalue weighted by Gasteiger charge is 2.29.